The zero-order chi connectivity index (χ0) is 13.0. The molecule has 1 atom stereocenters. The number of anilines is 1. The summed E-state index contributed by atoms with van der Waals surface area (Å²) in [6, 6.07) is 0.557. The summed E-state index contributed by atoms with van der Waals surface area (Å²) in [5, 5.41) is 3.70. The molecule has 104 valence electrons. The Morgan fingerprint density at radius 1 is 1.21 bits per heavy atom. The molecule has 1 N–H and O–H groups in total. The minimum Gasteiger partial charge on any atom is -0.353 e. The van der Waals surface area contributed by atoms with Crippen LogP contribution in [-0.2, 0) is 7.05 Å². The summed E-state index contributed by atoms with van der Waals surface area (Å²) < 4.78 is 2.09. The summed E-state index contributed by atoms with van der Waals surface area (Å²) in [5.41, 5.74) is 0.556. The van der Waals surface area contributed by atoms with Crippen molar-refractivity contribution in [2.24, 2.45) is 30.2 Å². The maximum Gasteiger partial charge on any atom is 0.202 e. The Kier molecular flexibility index (Phi) is 2.49. The van der Waals surface area contributed by atoms with Gasteiger partial charge in [-0.25, -0.2) is 4.98 Å². The Balaban J connectivity index is 1.56. The number of nitrogens with zero attached hydrogens (tertiary/aromatic N) is 2. The van der Waals surface area contributed by atoms with Crippen molar-refractivity contribution in [1.82, 2.24) is 9.55 Å². The third-order valence-corrected chi connectivity index (χ3v) is 6.17. The lowest BCUT2D eigenvalue weighted by Crippen LogP contribution is -2.53. The first-order chi connectivity index (χ1) is 9.14. The second-order valence-corrected chi connectivity index (χ2v) is 7.51. The maximum absolute atomic E-state index is 4.44. The molecule has 5 rings (SSSR count). The van der Waals surface area contributed by atoms with Crippen LogP contribution in [0.25, 0.3) is 0 Å². The van der Waals surface area contributed by atoms with E-state index in [1.807, 2.05) is 12.4 Å². The van der Waals surface area contributed by atoms with Crippen LogP contribution in [0.5, 0.6) is 0 Å². The van der Waals surface area contributed by atoms with E-state index in [-0.39, 0.29) is 0 Å². The van der Waals surface area contributed by atoms with Gasteiger partial charge in [-0.1, -0.05) is 0 Å². The Bertz CT molecular complexity index is 441. The van der Waals surface area contributed by atoms with Crippen molar-refractivity contribution in [3.8, 4) is 0 Å². The van der Waals surface area contributed by atoms with Crippen molar-refractivity contribution < 1.29 is 0 Å². The molecule has 0 aromatic carbocycles. The van der Waals surface area contributed by atoms with E-state index in [4.69, 9.17) is 0 Å². The van der Waals surface area contributed by atoms with Gasteiger partial charge in [-0.05, 0) is 68.6 Å². The fourth-order valence-corrected chi connectivity index (χ4v) is 5.56. The Morgan fingerprint density at radius 2 is 1.79 bits per heavy atom. The first kappa shape index (κ1) is 11.8. The molecule has 19 heavy (non-hydrogen) atoms. The Hall–Kier alpha value is -0.990. The number of aromatic nitrogens is 2. The van der Waals surface area contributed by atoms with Crippen LogP contribution in [0.2, 0.25) is 0 Å². The number of nitrogens with one attached hydrogen (secondary N) is 1. The molecule has 3 heteroatoms. The number of hydrogen-bond acceptors (Lipinski definition) is 2. The van der Waals surface area contributed by atoms with Crippen LogP contribution in [0.1, 0.15) is 45.4 Å². The number of hydrogen-bond donors (Lipinski definition) is 1. The van der Waals surface area contributed by atoms with E-state index in [1.54, 1.807) is 0 Å². The smallest absolute Gasteiger partial charge is 0.202 e. The number of rotatable bonds is 3. The van der Waals surface area contributed by atoms with Crippen LogP contribution in [0.4, 0.5) is 5.95 Å². The molecule has 4 aliphatic carbocycles. The summed E-state index contributed by atoms with van der Waals surface area (Å²) in [5.74, 6) is 4.11. The van der Waals surface area contributed by atoms with Gasteiger partial charge in [-0.2, -0.15) is 0 Å². The topological polar surface area (TPSA) is 29.9 Å². The molecule has 4 saturated carbocycles. The van der Waals surface area contributed by atoms with E-state index in [0.717, 1.165) is 23.7 Å². The highest BCUT2D eigenvalue weighted by atomic mass is 15.2. The van der Waals surface area contributed by atoms with Gasteiger partial charge >= 0.3 is 0 Å². The molecule has 4 fully saturated rings. The third-order valence-electron chi connectivity index (χ3n) is 6.17. The summed E-state index contributed by atoms with van der Waals surface area (Å²) in [6.07, 6.45) is 12.8. The van der Waals surface area contributed by atoms with Crippen molar-refractivity contribution in [2.75, 3.05) is 5.32 Å². The van der Waals surface area contributed by atoms with E-state index in [9.17, 15) is 0 Å². The Morgan fingerprint density at radius 3 is 2.26 bits per heavy atom. The standard InChI is InChI=1S/C16H25N3/c1-11(18-15-17-3-4-19(15)2)16-8-12-5-13(9-16)7-14(6-12)10-16/h3-4,11-14H,5-10H2,1-2H3,(H,17,18). The SMILES string of the molecule is CC(Nc1nccn1C)C12CC3CC(CC(C3)C1)C2. The molecule has 0 radical (unpaired) electrons. The minimum atomic E-state index is 0.556. The largest absolute Gasteiger partial charge is 0.353 e. The van der Waals surface area contributed by atoms with Crippen LogP contribution >= 0.6 is 0 Å². The molecule has 0 amide bonds. The van der Waals surface area contributed by atoms with Gasteiger partial charge in [0.25, 0.3) is 0 Å². The highest BCUT2D eigenvalue weighted by Crippen LogP contribution is 2.61. The average Bonchev–Trinajstić information content (AvgIpc) is 2.73. The van der Waals surface area contributed by atoms with Crippen LogP contribution in [0, 0.1) is 23.2 Å². The van der Waals surface area contributed by atoms with Crippen molar-refractivity contribution in [1.29, 1.82) is 0 Å². The fourth-order valence-electron chi connectivity index (χ4n) is 5.56. The van der Waals surface area contributed by atoms with Crippen molar-refractivity contribution in [3.63, 3.8) is 0 Å². The predicted octanol–water partition coefficient (Wildman–Crippen LogP) is 3.44. The van der Waals surface area contributed by atoms with Gasteiger partial charge in [0, 0.05) is 25.5 Å². The summed E-state index contributed by atoms with van der Waals surface area (Å²) in [6.45, 7) is 2.39. The van der Waals surface area contributed by atoms with Gasteiger partial charge in [-0.15, -0.1) is 0 Å². The lowest BCUT2D eigenvalue weighted by Gasteiger charge is -2.59. The van der Waals surface area contributed by atoms with Crippen LogP contribution < -0.4 is 5.32 Å². The second kappa shape index (κ2) is 4.00. The van der Waals surface area contributed by atoms with Gasteiger partial charge in [0.2, 0.25) is 5.95 Å². The molecule has 4 bridgehead atoms. The monoisotopic (exact) mass is 259 g/mol. The van der Waals surface area contributed by atoms with E-state index < -0.39 is 0 Å². The zero-order valence-electron chi connectivity index (χ0n) is 12.1. The number of imidazole rings is 1. The molecule has 1 aromatic rings. The molecular formula is C16H25N3. The highest BCUT2D eigenvalue weighted by molar-refractivity contribution is 5.28. The fraction of sp³-hybridized carbons (Fsp3) is 0.812. The molecule has 1 unspecified atom stereocenters. The predicted molar refractivity (Wildman–Crippen MR) is 76.9 cm³/mol. The van der Waals surface area contributed by atoms with Gasteiger partial charge in [-0.3, -0.25) is 0 Å². The Labute approximate surface area is 115 Å². The second-order valence-electron chi connectivity index (χ2n) is 7.51. The summed E-state index contributed by atoms with van der Waals surface area (Å²) in [7, 11) is 2.07. The van der Waals surface area contributed by atoms with Gasteiger partial charge < -0.3 is 9.88 Å². The maximum atomic E-state index is 4.44. The quantitative estimate of drug-likeness (QED) is 0.901. The lowest BCUT2D eigenvalue weighted by atomic mass is 9.48. The third kappa shape index (κ3) is 1.81. The summed E-state index contributed by atoms with van der Waals surface area (Å²) >= 11 is 0. The molecule has 0 spiro atoms. The van der Waals surface area contributed by atoms with E-state index in [2.05, 4.69) is 28.8 Å². The molecule has 1 aromatic heterocycles. The molecule has 0 aliphatic heterocycles. The van der Waals surface area contributed by atoms with Gasteiger partial charge in [0.1, 0.15) is 0 Å². The molecule has 4 aliphatic rings. The molecule has 0 saturated heterocycles. The normalized spacial score (nSPS) is 41.5. The summed E-state index contributed by atoms with van der Waals surface area (Å²) in [4.78, 5) is 4.44. The van der Waals surface area contributed by atoms with Crippen LogP contribution in [-0.4, -0.2) is 15.6 Å². The lowest BCUT2D eigenvalue weighted by molar-refractivity contribution is -0.0603. The van der Waals surface area contributed by atoms with Crippen molar-refractivity contribution in [2.45, 2.75) is 51.5 Å². The van der Waals surface area contributed by atoms with E-state index >= 15 is 0 Å². The molecule has 1 heterocycles. The van der Waals surface area contributed by atoms with Crippen molar-refractivity contribution in [3.05, 3.63) is 12.4 Å². The average molecular weight is 259 g/mol. The van der Waals surface area contributed by atoms with E-state index in [0.29, 0.717) is 11.5 Å². The van der Waals surface area contributed by atoms with E-state index in [1.165, 1.54) is 38.5 Å². The highest BCUT2D eigenvalue weighted by Gasteiger charge is 2.53. The first-order valence-corrected chi connectivity index (χ1v) is 7.88. The zero-order valence-corrected chi connectivity index (χ0v) is 12.1. The minimum absolute atomic E-state index is 0.556. The van der Waals surface area contributed by atoms with Crippen molar-refractivity contribution >= 4 is 5.95 Å². The van der Waals surface area contributed by atoms with Crippen LogP contribution in [0.3, 0.4) is 0 Å². The number of aryl methyl sites for hydroxylation is 1. The van der Waals surface area contributed by atoms with Gasteiger partial charge in [0.15, 0.2) is 0 Å². The van der Waals surface area contributed by atoms with Crippen LogP contribution in [0.15, 0.2) is 12.4 Å². The van der Waals surface area contributed by atoms with Gasteiger partial charge in [0.05, 0.1) is 0 Å². The first-order valence-electron chi connectivity index (χ1n) is 7.88. The molecule has 3 nitrogen and oxygen atoms in total. The molecular weight excluding hydrogens is 234 g/mol.